The number of hydrogen-bond acceptors (Lipinski definition) is 2. The minimum Gasteiger partial charge on any atom is -0.338 e. The molecule has 7 heteroatoms. The van der Waals surface area contributed by atoms with E-state index in [0.717, 1.165) is 6.07 Å². The number of amides is 2. The van der Waals surface area contributed by atoms with E-state index in [1.807, 2.05) is 6.07 Å². The predicted molar refractivity (Wildman–Crippen MR) is 63.3 cm³/mol. The Kier molecular flexibility index (Phi) is 5.18. The van der Waals surface area contributed by atoms with Crippen LogP contribution in [0.5, 0.6) is 0 Å². The lowest BCUT2D eigenvalue weighted by atomic mass is 10.1. The summed E-state index contributed by atoms with van der Waals surface area (Å²) in [6, 6.07) is 5.90. The lowest BCUT2D eigenvalue weighted by Gasteiger charge is -2.13. The first kappa shape index (κ1) is 14.8. The molecule has 1 rings (SSSR count). The van der Waals surface area contributed by atoms with E-state index in [2.05, 4.69) is 10.6 Å². The summed E-state index contributed by atoms with van der Waals surface area (Å²) in [4.78, 5) is 11.4. The molecule has 2 N–H and O–H groups in total. The molecule has 0 bridgehead atoms. The molecule has 0 aromatic heterocycles. The van der Waals surface area contributed by atoms with E-state index in [-0.39, 0.29) is 18.7 Å². The van der Waals surface area contributed by atoms with Crippen molar-refractivity contribution in [3.8, 4) is 6.07 Å². The first-order chi connectivity index (χ1) is 8.95. The molecule has 19 heavy (non-hydrogen) atoms. The van der Waals surface area contributed by atoms with Crippen LogP contribution in [-0.4, -0.2) is 12.6 Å². The number of carbonyl (C=O) groups is 1. The molecular weight excluding hydrogens is 259 g/mol. The molecule has 0 aliphatic heterocycles. The SMILES string of the molecule is N#CCCCNC(=O)Nc1ccccc1C(F)(F)F. The second kappa shape index (κ2) is 6.64. The zero-order valence-electron chi connectivity index (χ0n) is 9.92. The molecule has 4 nitrogen and oxygen atoms in total. The van der Waals surface area contributed by atoms with Gasteiger partial charge in [-0.2, -0.15) is 18.4 Å². The Morgan fingerprint density at radius 2 is 2.00 bits per heavy atom. The summed E-state index contributed by atoms with van der Waals surface area (Å²) in [7, 11) is 0. The Hall–Kier alpha value is -2.23. The Morgan fingerprint density at radius 3 is 2.63 bits per heavy atom. The molecule has 2 amide bonds. The quantitative estimate of drug-likeness (QED) is 0.826. The van der Waals surface area contributed by atoms with Crippen molar-refractivity contribution in [2.45, 2.75) is 19.0 Å². The van der Waals surface area contributed by atoms with Crippen molar-refractivity contribution in [3.05, 3.63) is 29.8 Å². The summed E-state index contributed by atoms with van der Waals surface area (Å²) in [6.07, 6.45) is -3.80. The van der Waals surface area contributed by atoms with Crippen LogP contribution in [0.15, 0.2) is 24.3 Å². The van der Waals surface area contributed by atoms with Gasteiger partial charge in [0.05, 0.1) is 17.3 Å². The van der Waals surface area contributed by atoms with Crippen LogP contribution in [0.3, 0.4) is 0 Å². The van der Waals surface area contributed by atoms with Gasteiger partial charge in [-0.05, 0) is 18.6 Å². The maximum Gasteiger partial charge on any atom is 0.418 e. The summed E-state index contributed by atoms with van der Waals surface area (Å²) in [5.41, 5.74) is -1.20. The van der Waals surface area contributed by atoms with Crippen LogP contribution in [0, 0.1) is 11.3 Å². The number of urea groups is 1. The lowest BCUT2D eigenvalue weighted by molar-refractivity contribution is -0.136. The smallest absolute Gasteiger partial charge is 0.338 e. The van der Waals surface area contributed by atoms with Crippen LogP contribution in [-0.2, 0) is 6.18 Å². The van der Waals surface area contributed by atoms with Crippen molar-refractivity contribution in [2.24, 2.45) is 0 Å². The van der Waals surface area contributed by atoms with Crippen LogP contribution >= 0.6 is 0 Å². The third kappa shape index (κ3) is 4.87. The Bertz CT molecular complexity index is 480. The number of hydrogen-bond donors (Lipinski definition) is 2. The molecule has 0 radical (unpaired) electrons. The van der Waals surface area contributed by atoms with Crippen molar-refractivity contribution in [3.63, 3.8) is 0 Å². The summed E-state index contributed by atoms with van der Waals surface area (Å²) in [5, 5.41) is 12.8. The Labute approximate surface area is 108 Å². The van der Waals surface area contributed by atoms with Gasteiger partial charge in [0.25, 0.3) is 0 Å². The van der Waals surface area contributed by atoms with Gasteiger partial charge in [0.1, 0.15) is 0 Å². The normalized spacial score (nSPS) is 10.6. The molecule has 0 aliphatic rings. The van der Waals surface area contributed by atoms with Gasteiger partial charge in [-0.3, -0.25) is 0 Å². The molecule has 0 spiro atoms. The van der Waals surface area contributed by atoms with E-state index >= 15 is 0 Å². The number of rotatable bonds is 4. The van der Waals surface area contributed by atoms with E-state index < -0.39 is 17.8 Å². The van der Waals surface area contributed by atoms with Gasteiger partial charge in [-0.25, -0.2) is 4.79 Å². The van der Waals surface area contributed by atoms with Gasteiger partial charge in [-0.1, -0.05) is 12.1 Å². The highest BCUT2D eigenvalue weighted by Crippen LogP contribution is 2.34. The van der Waals surface area contributed by atoms with Crippen molar-refractivity contribution in [1.82, 2.24) is 5.32 Å². The van der Waals surface area contributed by atoms with Crippen molar-refractivity contribution < 1.29 is 18.0 Å². The molecule has 0 unspecified atom stereocenters. The van der Waals surface area contributed by atoms with E-state index in [9.17, 15) is 18.0 Å². The molecular formula is C12H12F3N3O. The minimum atomic E-state index is -4.52. The van der Waals surface area contributed by atoms with E-state index in [0.29, 0.717) is 6.42 Å². The van der Waals surface area contributed by atoms with Gasteiger partial charge in [0, 0.05) is 13.0 Å². The summed E-state index contributed by atoms with van der Waals surface area (Å²) in [5.74, 6) is 0. The van der Waals surface area contributed by atoms with E-state index in [4.69, 9.17) is 5.26 Å². The molecule has 0 fully saturated rings. The number of nitriles is 1. The van der Waals surface area contributed by atoms with Crippen LogP contribution < -0.4 is 10.6 Å². The highest BCUT2D eigenvalue weighted by Gasteiger charge is 2.33. The fraction of sp³-hybridized carbons (Fsp3) is 0.333. The zero-order valence-corrected chi connectivity index (χ0v) is 9.92. The number of benzene rings is 1. The number of anilines is 1. The third-order valence-electron chi connectivity index (χ3n) is 2.23. The monoisotopic (exact) mass is 271 g/mol. The second-order valence-corrected chi connectivity index (χ2v) is 3.69. The minimum absolute atomic E-state index is 0.230. The number of para-hydroxylation sites is 1. The number of nitrogens with zero attached hydrogens (tertiary/aromatic N) is 1. The highest BCUT2D eigenvalue weighted by atomic mass is 19.4. The van der Waals surface area contributed by atoms with Crippen LogP contribution in [0.1, 0.15) is 18.4 Å². The number of halogens is 3. The molecule has 0 heterocycles. The van der Waals surface area contributed by atoms with Gasteiger partial charge in [-0.15, -0.1) is 0 Å². The summed E-state index contributed by atoms with van der Waals surface area (Å²) >= 11 is 0. The Balaban J connectivity index is 2.62. The molecule has 0 saturated heterocycles. The van der Waals surface area contributed by atoms with Crippen molar-refractivity contribution >= 4 is 11.7 Å². The first-order valence-electron chi connectivity index (χ1n) is 5.53. The maximum absolute atomic E-state index is 12.6. The first-order valence-corrected chi connectivity index (χ1v) is 5.53. The molecule has 1 aromatic carbocycles. The highest BCUT2D eigenvalue weighted by molar-refractivity contribution is 5.90. The maximum atomic E-state index is 12.6. The number of carbonyl (C=O) groups excluding carboxylic acids is 1. The van der Waals surface area contributed by atoms with Gasteiger partial charge in [0.2, 0.25) is 0 Å². The van der Waals surface area contributed by atoms with Gasteiger partial charge in [0.15, 0.2) is 0 Å². The topological polar surface area (TPSA) is 64.9 Å². The second-order valence-electron chi connectivity index (χ2n) is 3.69. The predicted octanol–water partition coefficient (Wildman–Crippen LogP) is 3.13. The van der Waals surface area contributed by atoms with Crippen LogP contribution in [0.25, 0.3) is 0 Å². The fourth-order valence-corrected chi connectivity index (χ4v) is 1.38. The molecule has 0 atom stereocenters. The molecule has 0 saturated carbocycles. The largest absolute Gasteiger partial charge is 0.418 e. The molecule has 102 valence electrons. The summed E-state index contributed by atoms with van der Waals surface area (Å²) in [6.45, 7) is 0.230. The third-order valence-corrected chi connectivity index (χ3v) is 2.23. The van der Waals surface area contributed by atoms with E-state index in [1.165, 1.54) is 18.2 Å². The Morgan fingerprint density at radius 1 is 1.32 bits per heavy atom. The molecule has 0 aliphatic carbocycles. The molecule has 1 aromatic rings. The fourth-order valence-electron chi connectivity index (χ4n) is 1.38. The average molecular weight is 271 g/mol. The van der Waals surface area contributed by atoms with Crippen molar-refractivity contribution in [2.75, 3.05) is 11.9 Å². The standard InChI is InChI=1S/C12H12F3N3O/c13-12(14,15)9-5-1-2-6-10(9)18-11(19)17-8-4-3-7-16/h1-2,5-6H,3-4,8H2,(H2,17,18,19). The van der Waals surface area contributed by atoms with E-state index in [1.54, 1.807) is 0 Å². The summed E-state index contributed by atoms with van der Waals surface area (Å²) < 4.78 is 37.9. The van der Waals surface area contributed by atoms with Gasteiger partial charge < -0.3 is 10.6 Å². The number of nitrogens with one attached hydrogen (secondary N) is 2. The van der Waals surface area contributed by atoms with Gasteiger partial charge >= 0.3 is 12.2 Å². The van der Waals surface area contributed by atoms with Crippen molar-refractivity contribution in [1.29, 1.82) is 5.26 Å². The number of alkyl halides is 3. The zero-order chi connectivity index (χ0) is 14.3. The lowest BCUT2D eigenvalue weighted by Crippen LogP contribution is -2.30. The average Bonchev–Trinajstić information content (AvgIpc) is 2.34. The van der Waals surface area contributed by atoms with Crippen LogP contribution in [0.4, 0.5) is 23.7 Å². The number of unbranched alkanes of at least 4 members (excludes halogenated alkanes) is 1. The van der Waals surface area contributed by atoms with Crippen LogP contribution in [0.2, 0.25) is 0 Å².